The summed E-state index contributed by atoms with van der Waals surface area (Å²) in [6.07, 6.45) is 5.65. The number of urea groups is 1. The Hall–Kier alpha value is -2.24. The number of carbonyl (C=O) groups excluding carboxylic acids is 2. The third-order valence-corrected chi connectivity index (χ3v) is 3.71. The van der Waals surface area contributed by atoms with E-state index in [1.807, 2.05) is 0 Å². The fraction of sp³-hybridized carbons (Fsp3) is 0.500. The lowest BCUT2D eigenvalue weighted by atomic mass is 9.96. The van der Waals surface area contributed by atoms with Crippen LogP contribution in [0, 0.1) is 0 Å². The van der Waals surface area contributed by atoms with Gasteiger partial charge >= 0.3 is 6.03 Å². The molecule has 1 aromatic carbocycles. The van der Waals surface area contributed by atoms with Crippen molar-refractivity contribution in [3.8, 4) is 5.75 Å². The van der Waals surface area contributed by atoms with Crippen LogP contribution in [0.2, 0.25) is 0 Å². The smallest absolute Gasteiger partial charge is 0.319 e. The van der Waals surface area contributed by atoms with Gasteiger partial charge in [0.05, 0.1) is 12.8 Å². The summed E-state index contributed by atoms with van der Waals surface area (Å²) in [5.41, 5.74) is 1.14. The molecule has 0 heterocycles. The summed E-state index contributed by atoms with van der Waals surface area (Å²) in [5.74, 6) is 0.357. The fourth-order valence-corrected chi connectivity index (χ4v) is 2.67. The average molecular weight is 305 g/mol. The molecule has 1 aliphatic rings. The first-order valence-electron chi connectivity index (χ1n) is 7.61. The molecule has 6 nitrogen and oxygen atoms in total. The van der Waals surface area contributed by atoms with Crippen molar-refractivity contribution in [1.29, 1.82) is 0 Å². The van der Waals surface area contributed by atoms with E-state index in [-0.39, 0.29) is 18.0 Å². The van der Waals surface area contributed by atoms with Crippen LogP contribution in [0.4, 0.5) is 16.2 Å². The fourth-order valence-electron chi connectivity index (χ4n) is 2.67. The zero-order valence-corrected chi connectivity index (χ0v) is 13.1. The van der Waals surface area contributed by atoms with Gasteiger partial charge in [0.15, 0.2) is 0 Å². The molecular weight excluding hydrogens is 282 g/mol. The Labute approximate surface area is 130 Å². The van der Waals surface area contributed by atoms with E-state index >= 15 is 0 Å². The van der Waals surface area contributed by atoms with E-state index in [0.717, 1.165) is 12.8 Å². The largest absolute Gasteiger partial charge is 0.495 e. The number of methoxy groups -OCH3 is 1. The predicted octanol–water partition coefficient (Wildman–Crippen LogP) is 3.11. The van der Waals surface area contributed by atoms with Crippen molar-refractivity contribution in [2.24, 2.45) is 0 Å². The van der Waals surface area contributed by atoms with E-state index in [1.54, 1.807) is 18.2 Å². The maximum absolute atomic E-state index is 12.0. The van der Waals surface area contributed by atoms with Crippen LogP contribution in [0.25, 0.3) is 0 Å². The molecule has 6 heteroatoms. The van der Waals surface area contributed by atoms with Crippen molar-refractivity contribution < 1.29 is 14.3 Å². The highest BCUT2D eigenvalue weighted by atomic mass is 16.5. The molecule has 120 valence electrons. The number of benzene rings is 1. The van der Waals surface area contributed by atoms with Crippen molar-refractivity contribution in [3.05, 3.63) is 18.2 Å². The minimum Gasteiger partial charge on any atom is -0.495 e. The molecule has 22 heavy (non-hydrogen) atoms. The van der Waals surface area contributed by atoms with E-state index in [1.165, 1.54) is 33.3 Å². The molecule has 0 spiro atoms. The first kappa shape index (κ1) is 16.1. The topological polar surface area (TPSA) is 79.5 Å². The van der Waals surface area contributed by atoms with Gasteiger partial charge in [-0.05, 0) is 31.0 Å². The van der Waals surface area contributed by atoms with Crippen molar-refractivity contribution in [1.82, 2.24) is 5.32 Å². The van der Waals surface area contributed by atoms with Crippen LogP contribution in [0.3, 0.4) is 0 Å². The van der Waals surface area contributed by atoms with Gasteiger partial charge in [-0.15, -0.1) is 0 Å². The number of nitrogens with one attached hydrogen (secondary N) is 3. The van der Waals surface area contributed by atoms with Gasteiger partial charge < -0.3 is 20.7 Å². The maximum Gasteiger partial charge on any atom is 0.319 e. The van der Waals surface area contributed by atoms with Gasteiger partial charge in [0.25, 0.3) is 0 Å². The van der Waals surface area contributed by atoms with Gasteiger partial charge in [0.1, 0.15) is 5.75 Å². The highest BCUT2D eigenvalue weighted by molar-refractivity contribution is 5.94. The monoisotopic (exact) mass is 305 g/mol. The second-order valence-corrected chi connectivity index (χ2v) is 5.53. The van der Waals surface area contributed by atoms with Crippen molar-refractivity contribution in [2.75, 3.05) is 17.7 Å². The van der Waals surface area contributed by atoms with Gasteiger partial charge in [0, 0.05) is 18.7 Å². The summed E-state index contributed by atoms with van der Waals surface area (Å²) < 4.78 is 5.18. The molecule has 0 atom stereocenters. The quantitative estimate of drug-likeness (QED) is 0.799. The first-order valence-corrected chi connectivity index (χ1v) is 7.61. The lowest BCUT2D eigenvalue weighted by Gasteiger charge is -2.23. The molecule has 0 unspecified atom stereocenters. The first-order chi connectivity index (χ1) is 10.6. The van der Waals surface area contributed by atoms with Gasteiger partial charge in [0.2, 0.25) is 5.91 Å². The number of anilines is 2. The maximum atomic E-state index is 12.0. The summed E-state index contributed by atoms with van der Waals surface area (Å²) in [6.45, 7) is 1.43. The zero-order valence-electron chi connectivity index (χ0n) is 13.1. The third-order valence-electron chi connectivity index (χ3n) is 3.71. The van der Waals surface area contributed by atoms with E-state index in [9.17, 15) is 9.59 Å². The van der Waals surface area contributed by atoms with Crippen LogP contribution in [-0.2, 0) is 4.79 Å². The number of rotatable bonds is 4. The molecule has 0 bridgehead atoms. The van der Waals surface area contributed by atoms with Crippen LogP contribution in [0.15, 0.2) is 18.2 Å². The number of amides is 3. The van der Waals surface area contributed by atoms with Gasteiger partial charge in [-0.3, -0.25) is 4.79 Å². The summed E-state index contributed by atoms with van der Waals surface area (Å²) in [6, 6.07) is 5.17. The number of ether oxygens (including phenoxy) is 1. The van der Waals surface area contributed by atoms with Gasteiger partial charge in [-0.25, -0.2) is 4.79 Å². The molecule has 1 saturated carbocycles. The van der Waals surface area contributed by atoms with E-state index in [2.05, 4.69) is 16.0 Å². The van der Waals surface area contributed by atoms with Crippen LogP contribution >= 0.6 is 0 Å². The van der Waals surface area contributed by atoms with Crippen LogP contribution in [0.1, 0.15) is 39.0 Å². The summed E-state index contributed by atoms with van der Waals surface area (Å²) in [4.78, 5) is 23.2. The average Bonchev–Trinajstić information content (AvgIpc) is 2.48. The Morgan fingerprint density at radius 3 is 2.50 bits per heavy atom. The SMILES string of the molecule is COc1ccc(NC(=O)NC2CCCCC2)cc1NC(C)=O. The Morgan fingerprint density at radius 2 is 1.86 bits per heavy atom. The standard InChI is InChI=1S/C16H23N3O3/c1-11(20)17-14-10-13(8-9-15(14)22-2)19-16(21)18-12-6-4-3-5-7-12/h8-10,12H,3-7H2,1-2H3,(H,17,20)(H2,18,19,21). The highest BCUT2D eigenvalue weighted by Crippen LogP contribution is 2.27. The van der Waals surface area contributed by atoms with Crippen molar-refractivity contribution >= 4 is 23.3 Å². The second kappa shape index (κ2) is 7.68. The Bertz CT molecular complexity index is 539. The zero-order chi connectivity index (χ0) is 15.9. The van der Waals surface area contributed by atoms with Crippen LogP contribution in [-0.4, -0.2) is 25.1 Å². The molecule has 3 N–H and O–H groups in total. The number of hydrogen-bond acceptors (Lipinski definition) is 3. The Morgan fingerprint density at radius 1 is 1.14 bits per heavy atom. The van der Waals surface area contributed by atoms with Crippen molar-refractivity contribution in [3.63, 3.8) is 0 Å². The molecule has 0 saturated heterocycles. The Balaban J connectivity index is 1.99. The Kier molecular flexibility index (Phi) is 5.63. The van der Waals surface area contributed by atoms with Crippen molar-refractivity contribution in [2.45, 2.75) is 45.1 Å². The normalized spacial score (nSPS) is 15.0. The molecule has 2 rings (SSSR count). The second-order valence-electron chi connectivity index (χ2n) is 5.53. The summed E-state index contributed by atoms with van der Waals surface area (Å²) in [5, 5.41) is 8.47. The molecule has 1 aliphatic carbocycles. The predicted molar refractivity (Wildman–Crippen MR) is 86.3 cm³/mol. The molecule has 1 aromatic rings. The molecule has 0 radical (unpaired) electrons. The third kappa shape index (κ3) is 4.65. The summed E-state index contributed by atoms with van der Waals surface area (Å²) >= 11 is 0. The minimum atomic E-state index is -0.217. The van der Waals surface area contributed by atoms with Crippen LogP contribution < -0.4 is 20.7 Å². The number of carbonyl (C=O) groups is 2. The van der Waals surface area contributed by atoms with Crippen LogP contribution in [0.5, 0.6) is 5.75 Å². The molecule has 1 fully saturated rings. The lowest BCUT2D eigenvalue weighted by molar-refractivity contribution is -0.114. The molecule has 0 aromatic heterocycles. The molecular formula is C16H23N3O3. The van der Waals surface area contributed by atoms with E-state index in [0.29, 0.717) is 17.1 Å². The van der Waals surface area contributed by atoms with Gasteiger partial charge in [-0.2, -0.15) is 0 Å². The minimum absolute atomic E-state index is 0.192. The molecule has 3 amide bonds. The molecule has 0 aliphatic heterocycles. The summed E-state index contributed by atoms with van der Waals surface area (Å²) in [7, 11) is 1.53. The van der Waals surface area contributed by atoms with E-state index in [4.69, 9.17) is 4.74 Å². The van der Waals surface area contributed by atoms with Gasteiger partial charge in [-0.1, -0.05) is 19.3 Å². The lowest BCUT2D eigenvalue weighted by Crippen LogP contribution is -2.39. The number of hydrogen-bond donors (Lipinski definition) is 3. The van der Waals surface area contributed by atoms with E-state index < -0.39 is 0 Å². The highest BCUT2D eigenvalue weighted by Gasteiger charge is 2.16.